The smallest absolute Gasteiger partial charge is 0.265 e. The van der Waals surface area contributed by atoms with Gasteiger partial charge >= 0.3 is 0 Å². The summed E-state index contributed by atoms with van der Waals surface area (Å²) in [6, 6.07) is 19.2. The van der Waals surface area contributed by atoms with E-state index < -0.39 is 0 Å². The third-order valence-electron chi connectivity index (χ3n) is 5.11. The number of anilines is 2. The Kier molecular flexibility index (Phi) is 7.37. The quantitative estimate of drug-likeness (QED) is 0.408. The summed E-state index contributed by atoms with van der Waals surface area (Å²) in [6.07, 6.45) is 1.52. The number of amides is 2. The zero-order valence-electron chi connectivity index (χ0n) is 17.7. The van der Waals surface area contributed by atoms with Gasteiger partial charge in [0.25, 0.3) is 11.8 Å². The summed E-state index contributed by atoms with van der Waals surface area (Å²) in [6.45, 7) is 1.04. The van der Waals surface area contributed by atoms with Crippen molar-refractivity contribution in [3.63, 3.8) is 0 Å². The molecule has 170 valence electrons. The molecule has 0 aromatic heterocycles. The highest BCUT2D eigenvalue weighted by Gasteiger charge is 2.25. The van der Waals surface area contributed by atoms with E-state index in [-0.39, 0.29) is 18.4 Å². The van der Waals surface area contributed by atoms with Crippen LogP contribution in [0.1, 0.15) is 23.2 Å². The fraction of sp³-hybridized carbons (Fsp3) is 0.200. The number of hydrogen-bond acceptors (Lipinski definition) is 4. The van der Waals surface area contributed by atoms with E-state index in [2.05, 4.69) is 5.32 Å². The minimum atomic E-state index is -0.286. The molecule has 0 bridgehead atoms. The lowest BCUT2D eigenvalue weighted by atomic mass is 10.1. The van der Waals surface area contributed by atoms with E-state index in [0.717, 1.165) is 18.6 Å². The van der Waals surface area contributed by atoms with Gasteiger partial charge in [-0.1, -0.05) is 29.3 Å². The van der Waals surface area contributed by atoms with Crippen LogP contribution in [-0.4, -0.2) is 31.6 Å². The van der Waals surface area contributed by atoms with Crippen molar-refractivity contribution in [2.45, 2.75) is 12.8 Å². The van der Waals surface area contributed by atoms with Gasteiger partial charge in [0.2, 0.25) is 0 Å². The minimum Gasteiger partial charge on any atom is -0.494 e. The van der Waals surface area contributed by atoms with Gasteiger partial charge in [0, 0.05) is 27.8 Å². The Morgan fingerprint density at radius 1 is 1.00 bits per heavy atom. The Morgan fingerprint density at radius 2 is 1.82 bits per heavy atom. The molecular formula is C25H22Cl2N2O4. The number of rotatable bonds is 8. The van der Waals surface area contributed by atoms with E-state index in [1.54, 1.807) is 59.5 Å². The molecule has 1 aliphatic heterocycles. The molecule has 1 aliphatic rings. The molecule has 0 saturated heterocycles. The standard InChI is InChI=1S/C25H22Cl2N2O4/c26-18-6-9-21(10-7-18)32-13-2-1-12-29-22-15-20(8-11-23(22)33-16-24(29)30)28-25(31)17-4-3-5-19(27)14-17/h3-11,14-15H,1-2,12-13,16H2,(H,28,31). The zero-order valence-corrected chi connectivity index (χ0v) is 19.2. The average Bonchev–Trinajstić information content (AvgIpc) is 2.81. The number of carbonyl (C=O) groups is 2. The fourth-order valence-electron chi connectivity index (χ4n) is 3.45. The van der Waals surface area contributed by atoms with E-state index in [4.69, 9.17) is 32.7 Å². The predicted octanol–water partition coefficient (Wildman–Crippen LogP) is 5.83. The Hall–Kier alpha value is -3.22. The maximum absolute atomic E-state index is 12.6. The monoisotopic (exact) mass is 484 g/mol. The average molecular weight is 485 g/mol. The van der Waals surface area contributed by atoms with Crippen molar-refractivity contribution in [1.82, 2.24) is 0 Å². The number of ether oxygens (including phenoxy) is 2. The minimum absolute atomic E-state index is 0.0114. The Morgan fingerprint density at radius 3 is 2.61 bits per heavy atom. The number of halogens is 2. The number of nitrogens with one attached hydrogen (secondary N) is 1. The Balaban J connectivity index is 1.37. The van der Waals surface area contributed by atoms with Gasteiger partial charge < -0.3 is 19.7 Å². The molecule has 4 rings (SSSR count). The summed E-state index contributed by atoms with van der Waals surface area (Å²) < 4.78 is 11.3. The molecule has 0 radical (unpaired) electrons. The molecule has 3 aromatic rings. The highest BCUT2D eigenvalue weighted by molar-refractivity contribution is 6.31. The van der Waals surface area contributed by atoms with Crippen molar-refractivity contribution in [2.75, 3.05) is 30.0 Å². The van der Waals surface area contributed by atoms with Crippen LogP contribution in [0.3, 0.4) is 0 Å². The predicted molar refractivity (Wildman–Crippen MR) is 130 cm³/mol. The molecule has 6 nitrogen and oxygen atoms in total. The third-order valence-corrected chi connectivity index (χ3v) is 5.59. The van der Waals surface area contributed by atoms with Gasteiger partial charge in [-0.2, -0.15) is 0 Å². The lowest BCUT2D eigenvalue weighted by molar-refractivity contribution is -0.121. The molecule has 3 aromatic carbocycles. The van der Waals surface area contributed by atoms with Crippen LogP contribution in [0.2, 0.25) is 10.0 Å². The van der Waals surface area contributed by atoms with Gasteiger partial charge in [0.1, 0.15) is 11.5 Å². The van der Waals surface area contributed by atoms with Crippen LogP contribution in [0.5, 0.6) is 11.5 Å². The SMILES string of the molecule is O=C(Nc1ccc2c(c1)N(CCCCOc1ccc(Cl)cc1)C(=O)CO2)c1cccc(Cl)c1. The van der Waals surface area contributed by atoms with Crippen molar-refractivity contribution < 1.29 is 19.1 Å². The number of carbonyl (C=O) groups excluding carboxylic acids is 2. The molecule has 1 N–H and O–H groups in total. The van der Waals surface area contributed by atoms with E-state index in [9.17, 15) is 9.59 Å². The van der Waals surface area contributed by atoms with Crippen LogP contribution in [-0.2, 0) is 4.79 Å². The Bertz CT molecular complexity index is 1150. The van der Waals surface area contributed by atoms with Gasteiger partial charge in [0.15, 0.2) is 6.61 Å². The number of hydrogen-bond donors (Lipinski definition) is 1. The molecule has 0 spiro atoms. The van der Waals surface area contributed by atoms with Crippen LogP contribution < -0.4 is 19.7 Å². The summed E-state index contributed by atoms with van der Waals surface area (Å²) in [5, 5.41) is 4.00. The maximum atomic E-state index is 12.6. The van der Waals surface area contributed by atoms with Crippen LogP contribution in [0.25, 0.3) is 0 Å². The second kappa shape index (κ2) is 10.6. The summed E-state index contributed by atoms with van der Waals surface area (Å²) in [7, 11) is 0. The number of nitrogens with zero attached hydrogens (tertiary/aromatic N) is 1. The second-order valence-corrected chi connectivity index (χ2v) is 8.36. The van der Waals surface area contributed by atoms with Crippen LogP contribution in [0.4, 0.5) is 11.4 Å². The molecular weight excluding hydrogens is 463 g/mol. The summed E-state index contributed by atoms with van der Waals surface area (Å²) in [4.78, 5) is 26.8. The van der Waals surface area contributed by atoms with Crippen LogP contribution in [0, 0.1) is 0 Å². The van der Waals surface area contributed by atoms with Gasteiger partial charge in [0.05, 0.1) is 12.3 Å². The van der Waals surface area contributed by atoms with Crippen molar-refractivity contribution in [2.24, 2.45) is 0 Å². The lowest BCUT2D eigenvalue weighted by Gasteiger charge is -2.30. The maximum Gasteiger partial charge on any atom is 0.265 e. The fourth-order valence-corrected chi connectivity index (χ4v) is 3.77. The first-order chi connectivity index (χ1) is 16.0. The first-order valence-electron chi connectivity index (χ1n) is 10.5. The molecule has 0 aliphatic carbocycles. The highest BCUT2D eigenvalue weighted by Crippen LogP contribution is 2.35. The normalized spacial score (nSPS) is 12.7. The van der Waals surface area contributed by atoms with Gasteiger partial charge in [-0.15, -0.1) is 0 Å². The first-order valence-corrected chi connectivity index (χ1v) is 11.3. The van der Waals surface area contributed by atoms with Crippen molar-refractivity contribution >= 4 is 46.4 Å². The number of unbranched alkanes of at least 4 members (excludes halogenated alkanes) is 1. The molecule has 8 heteroatoms. The Labute approximate surface area is 202 Å². The number of fused-ring (bicyclic) bond motifs is 1. The van der Waals surface area contributed by atoms with Gasteiger partial charge in [-0.05, 0) is 73.5 Å². The molecule has 0 atom stereocenters. The zero-order chi connectivity index (χ0) is 23.2. The topological polar surface area (TPSA) is 67.9 Å². The van der Waals surface area contributed by atoms with Gasteiger partial charge in [-0.25, -0.2) is 0 Å². The summed E-state index contributed by atoms with van der Waals surface area (Å²) >= 11 is 11.9. The van der Waals surface area contributed by atoms with E-state index in [1.807, 2.05) is 12.1 Å². The molecule has 2 amide bonds. The molecule has 0 unspecified atom stereocenters. The van der Waals surface area contributed by atoms with E-state index >= 15 is 0 Å². The van der Waals surface area contributed by atoms with Crippen molar-refractivity contribution in [3.8, 4) is 11.5 Å². The lowest BCUT2D eigenvalue weighted by Crippen LogP contribution is -2.39. The molecule has 0 saturated carbocycles. The third kappa shape index (κ3) is 5.97. The molecule has 0 fully saturated rings. The summed E-state index contributed by atoms with van der Waals surface area (Å²) in [5.41, 5.74) is 1.65. The van der Waals surface area contributed by atoms with Crippen LogP contribution in [0.15, 0.2) is 66.7 Å². The summed E-state index contributed by atoms with van der Waals surface area (Å²) in [5.74, 6) is 0.950. The van der Waals surface area contributed by atoms with Crippen molar-refractivity contribution in [3.05, 3.63) is 82.3 Å². The van der Waals surface area contributed by atoms with E-state index in [1.165, 1.54) is 0 Å². The second-order valence-electron chi connectivity index (χ2n) is 7.49. The molecule has 33 heavy (non-hydrogen) atoms. The highest BCUT2D eigenvalue weighted by atomic mass is 35.5. The first kappa shape index (κ1) is 23.0. The van der Waals surface area contributed by atoms with Gasteiger partial charge in [-0.3, -0.25) is 9.59 Å². The van der Waals surface area contributed by atoms with Crippen LogP contribution >= 0.6 is 23.2 Å². The molecule has 1 heterocycles. The number of benzene rings is 3. The van der Waals surface area contributed by atoms with Crippen molar-refractivity contribution in [1.29, 1.82) is 0 Å². The van der Waals surface area contributed by atoms with E-state index in [0.29, 0.717) is 45.9 Å². The largest absolute Gasteiger partial charge is 0.494 e.